The molecule has 0 radical (unpaired) electrons. The Morgan fingerprint density at radius 1 is 1.18 bits per heavy atom. The van der Waals surface area contributed by atoms with Gasteiger partial charge >= 0.3 is 0 Å². The first-order valence-electron chi connectivity index (χ1n) is 7.05. The van der Waals surface area contributed by atoms with Crippen molar-refractivity contribution >= 4 is 11.8 Å². The van der Waals surface area contributed by atoms with Gasteiger partial charge in [-0.25, -0.2) is 0 Å². The van der Waals surface area contributed by atoms with Crippen LogP contribution in [-0.4, -0.2) is 47.6 Å². The largest absolute Gasteiger partial charge is 0.308 e. The Labute approximate surface area is 112 Å². The second-order valence-corrected chi connectivity index (χ2v) is 6.59. The van der Waals surface area contributed by atoms with Crippen LogP contribution >= 0.6 is 11.8 Å². The van der Waals surface area contributed by atoms with Crippen molar-refractivity contribution in [2.24, 2.45) is 0 Å². The molecule has 1 saturated heterocycles. The van der Waals surface area contributed by atoms with Crippen LogP contribution in [0.4, 0.5) is 0 Å². The van der Waals surface area contributed by atoms with Crippen LogP contribution in [0.3, 0.4) is 0 Å². The zero-order valence-electron chi connectivity index (χ0n) is 12.3. The third-order valence-electron chi connectivity index (χ3n) is 4.78. The van der Waals surface area contributed by atoms with Gasteiger partial charge in [-0.3, -0.25) is 4.90 Å². The summed E-state index contributed by atoms with van der Waals surface area (Å²) in [6.45, 7) is 12.9. The average molecular weight is 258 g/mol. The monoisotopic (exact) mass is 258 g/mol. The predicted molar refractivity (Wildman–Crippen MR) is 80.0 cm³/mol. The van der Waals surface area contributed by atoms with Crippen LogP contribution in [-0.2, 0) is 0 Å². The van der Waals surface area contributed by atoms with Crippen LogP contribution in [0.1, 0.15) is 47.0 Å². The van der Waals surface area contributed by atoms with E-state index in [4.69, 9.17) is 0 Å². The zero-order chi connectivity index (χ0) is 12.9. The quantitative estimate of drug-likeness (QED) is 0.788. The van der Waals surface area contributed by atoms with Crippen molar-refractivity contribution in [2.75, 3.05) is 31.6 Å². The first-order chi connectivity index (χ1) is 8.05. The third kappa shape index (κ3) is 3.39. The highest BCUT2D eigenvalue weighted by Crippen LogP contribution is 2.30. The standard InChI is InChI=1S/C14H30N2S/c1-6-13(4)11-15-14(7-2,8-3)12-16(13)9-10-17-5/h15H,6-12H2,1-5H3. The molecule has 0 bridgehead atoms. The molecule has 102 valence electrons. The number of rotatable bonds is 6. The van der Waals surface area contributed by atoms with E-state index in [9.17, 15) is 0 Å². The Balaban J connectivity index is 2.75. The topological polar surface area (TPSA) is 15.3 Å². The summed E-state index contributed by atoms with van der Waals surface area (Å²) in [4.78, 5) is 2.73. The van der Waals surface area contributed by atoms with Crippen molar-refractivity contribution in [1.82, 2.24) is 10.2 Å². The van der Waals surface area contributed by atoms with Crippen molar-refractivity contribution in [3.8, 4) is 0 Å². The van der Waals surface area contributed by atoms with Crippen LogP contribution in [0.2, 0.25) is 0 Å². The van der Waals surface area contributed by atoms with E-state index in [0.29, 0.717) is 11.1 Å². The molecule has 1 aliphatic heterocycles. The zero-order valence-corrected chi connectivity index (χ0v) is 13.1. The van der Waals surface area contributed by atoms with Gasteiger partial charge in [0, 0.05) is 36.5 Å². The maximum atomic E-state index is 3.83. The fraction of sp³-hybridized carbons (Fsp3) is 1.00. The van der Waals surface area contributed by atoms with E-state index in [2.05, 4.69) is 44.2 Å². The van der Waals surface area contributed by atoms with Gasteiger partial charge in [-0.05, 0) is 32.4 Å². The Hall–Kier alpha value is 0.270. The molecule has 0 saturated carbocycles. The van der Waals surface area contributed by atoms with Crippen LogP contribution in [0.25, 0.3) is 0 Å². The molecule has 17 heavy (non-hydrogen) atoms. The minimum absolute atomic E-state index is 0.351. The molecular formula is C14H30N2S. The smallest absolute Gasteiger partial charge is 0.0304 e. The van der Waals surface area contributed by atoms with E-state index >= 15 is 0 Å². The summed E-state index contributed by atoms with van der Waals surface area (Å²) < 4.78 is 0. The predicted octanol–water partition coefficient (Wildman–Crippen LogP) is 2.98. The molecule has 1 rings (SSSR count). The summed E-state index contributed by atoms with van der Waals surface area (Å²) in [5.41, 5.74) is 0.705. The van der Waals surface area contributed by atoms with E-state index in [1.54, 1.807) is 0 Å². The molecule has 1 aliphatic rings. The van der Waals surface area contributed by atoms with Gasteiger partial charge in [0.15, 0.2) is 0 Å². The van der Waals surface area contributed by atoms with Gasteiger partial charge in [-0.2, -0.15) is 11.8 Å². The van der Waals surface area contributed by atoms with Crippen molar-refractivity contribution in [1.29, 1.82) is 0 Å². The number of hydrogen-bond donors (Lipinski definition) is 1. The summed E-state index contributed by atoms with van der Waals surface area (Å²) in [5, 5.41) is 3.83. The van der Waals surface area contributed by atoms with Gasteiger partial charge in [0.25, 0.3) is 0 Å². The molecule has 1 fully saturated rings. The Morgan fingerprint density at radius 3 is 2.29 bits per heavy atom. The van der Waals surface area contributed by atoms with Crippen LogP contribution < -0.4 is 5.32 Å². The minimum Gasteiger partial charge on any atom is -0.308 e. The maximum absolute atomic E-state index is 3.83. The van der Waals surface area contributed by atoms with Gasteiger partial charge in [-0.1, -0.05) is 20.8 Å². The molecular weight excluding hydrogens is 228 g/mol. The van der Waals surface area contributed by atoms with Crippen LogP contribution in [0, 0.1) is 0 Å². The number of nitrogens with one attached hydrogen (secondary N) is 1. The molecule has 1 N–H and O–H groups in total. The van der Waals surface area contributed by atoms with Gasteiger partial charge in [0.2, 0.25) is 0 Å². The van der Waals surface area contributed by atoms with Crippen LogP contribution in [0.15, 0.2) is 0 Å². The summed E-state index contributed by atoms with van der Waals surface area (Å²) >= 11 is 1.96. The lowest BCUT2D eigenvalue weighted by Crippen LogP contribution is -2.68. The summed E-state index contributed by atoms with van der Waals surface area (Å²) in [5.74, 6) is 1.25. The highest BCUT2D eigenvalue weighted by Gasteiger charge is 2.41. The molecule has 0 amide bonds. The summed E-state index contributed by atoms with van der Waals surface area (Å²) in [6, 6.07) is 0. The van der Waals surface area contributed by atoms with E-state index in [-0.39, 0.29) is 0 Å². The van der Waals surface area contributed by atoms with Crippen LogP contribution in [0.5, 0.6) is 0 Å². The molecule has 0 spiro atoms. The fourth-order valence-electron chi connectivity index (χ4n) is 2.72. The summed E-state index contributed by atoms with van der Waals surface area (Å²) in [7, 11) is 0. The molecule has 0 aromatic heterocycles. The fourth-order valence-corrected chi connectivity index (χ4v) is 3.13. The number of hydrogen-bond acceptors (Lipinski definition) is 3. The molecule has 1 heterocycles. The van der Waals surface area contributed by atoms with E-state index in [1.165, 1.54) is 38.1 Å². The SMILES string of the molecule is CCC1(CC)CN(CCSC)C(C)(CC)CN1. The Bertz CT molecular complexity index is 228. The lowest BCUT2D eigenvalue weighted by molar-refractivity contribution is 0.0142. The van der Waals surface area contributed by atoms with E-state index < -0.39 is 0 Å². The summed E-state index contributed by atoms with van der Waals surface area (Å²) in [6.07, 6.45) is 5.91. The third-order valence-corrected chi connectivity index (χ3v) is 5.37. The van der Waals surface area contributed by atoms with Crippen molar-refractivity contribution < 1.29 is 0 Å². The molecule has 0 aliphatic carbocycles. The molecule has 2 nitrogen and oxygen atoms in total. The van der Waals surface area contributed by atoms with Gasteiger partial charge in [0.1, 0.15) is 0 Å². The first-order valence-corrected chi connectivity index (χ1v) is 8.44. The normalized spacial score (nSPS) is 29.5. The minimum atomic E-state index is 0.351. The van der Waals surface area contributed by atoms with Crippen molar-refractivity contribution in [3.05, 3.63) is 0 Å². The Morgan fingerprint density at radius 2 is 1.82 bits per heavy atom. The second kappa shape index (κ2) is 6.44. The molecule has 1 atom stereocenters. The number of nitrogens with zero attached hydrogens (tertiary/aromatic N) is 1. The lowest BCUT2D eigenvalue weighted by Gasteiger charge is -2.53. The Kier molecular flexibility index (Phi) is 5.81. The molecule has 1 unspecified atom stereocenters. The lowest BCUT2D eigenvalue weighted by atomic mass is 9.83. The van der Waals surface area contributed by atoms with Gasteiger partial charge < -0.3 is 5.32 Å². The van der Waals surface area contributed by atoms with Crippen molar-refractivity contribution in [3.63, 3.8) is 0 Å². The molecule has 0 aromatic carbocycles. The number of thioether (sulfide) groups is 1. The highest BCUT2D eigenvalue weighted by molar-refractivity contribution is 7.98. The average Bonchev–Trinajstić information content (AvgIpc) is 2.38. The molecule has 3 heteroatoms. The molecule has 0 aromatic rings. The maximum Gasteiger partial charge on any atom is 0.0304 e. The van der Waals surface area contributed by atoms with E-state index in [0.717, 1.165) is 6.54 Å². The van der Waals surface area contributed by atoms with Gasteiger partial charge in [-0.15, -0.1) is 0 Å². The van der Waals surface area contributed by atoms with E-state index in [1.807, 2.05) is 11.8 Å². The highest BCUT2D eigenvalue weighted by atomic mass is 32.2. The van der Waals surface area contributed by atoms with Crippen molar-refractivity contribution in [2.45, 2.75) is 58.0 Å². The first kappa shape index (κ1) is 15.3. The van der Waals surface area contributed by atoms with Gasteiger partial charge in [0.05, 0.1) is 0 Å². The number of piperazine rings is 1. The second-order valence-electron chi connectivity index (χ2n) is 5.61.